The van der Waals surface area contributed by atoms with Crippen LogP contribution in [-0.4, -0.2) is 20.9 Å². The lowest BCUT2D eigenvalue weighted by molar-refractivity contribution is -0.141. The maximum Gasteiger partial charge on any atom is 0.433 e. The van der Waals surface area contributed by atoms with Crippen LogP contribution in [-0.2, 0) is 6.18 Å². The highest BCUT2D eigenvalue weighted by molar-refractivity contribution is 7.15. The number of hydrogen-bond acceptors (Lipinski definition) is 4. The van der Waals surface area contributed by atoms with Crippen molar-refractivity contribution in [3.8, 4) is 11.4 Å². The molecule has 1 amide bonds. The lowest BCUT2D eigenvalue weighted by Crippen LogP contribution is -2.16. The number of amides is 1. The Balaban J connectivity index is 1.60. The van der Waals surface area contributed by atoms with Crippen LogP contribution in [0.1, 0.15) is 27.3 Å². The standard InChI is InChI=1S/C20H15F3N4OS/c1-10-13(17-25-14-5-3-4-6-15(14)26-17)9-29-19(10)27-18(28)12-7-8-16(20(21,22)23)24-11(12)2/h3-9H,1-2H3,(H,25,26)(H,27,28). The van der Waals surface area contributed by atoms with Crippen molar-refractivity contribution in [3.05, 3.63) is 64.3 Å². The molecule has 3 heterocycles. The predicted molar refractivity (Wildman–Crippen MR) is 106 cm³/mol. The average Bonchev–Trinajstić information content (AvgIpc) is 3.24. The van der Waals surface area contributed by atoms with Crippen molar-refractivity contribution < 1.29 is 18.0 Å². The van der Waals surface area contributed by atoms with Gasteiger partial charge in [0.05, 0.1) is 27.3 Å². The number of imidazole rings is 1. The summed E-state index contributed by atoms with van der Waals surface area (Å²) in [5.41, 5.74) is 2.50. The number of pyridine rings is 1. The van der Waals surface area contributed by atoms with Crippen LogP contribution in [0, 0.1) is 13.8 Å². The zero-order valence-electron chi connectivity index (χ0n) is 15.4. The van der Waals surface area contributed by atoms with Crippen molar-refractivity contribution in [1.82, 2.24) is 15.0 Å². The van der Waals surface area contributed by atoms with E-state index < -0.39 is 17.8 Å². The Morgan fingerprint density at radius 1 is 1.10 bits per heavy atom. The molecular weight excluding hydrogens is 401 g/mol. The molecule has 0 unspecified atom stereocenters. The van der Waals surface area contributed by atoms with Crippen molar-refractivity contribution >= 4 is 33.3 Å². The smallest absolute Gasteiger partial charge is 0.338 e. The first kappa shape index (κ1) is 19.1. The number of hydrogen-bond donors (Lipinski definition) is 2. The maximum atomic E-state index is 12.8. The molecule has 0 bridgehead atoms. The van der Waals surface area contributed by atoms with Crippen LogP contribution in [0.25, 0.3) is 22.4 Å². The Bertz CT molecular complexity index is 1190. The zero-order chi connectivity index (χ0) is 20.8. The summed E-state index contributed by atoms with van der Waals surface area (Å²) in [6.45, 7) is 3.23. The van der Waals surface area contributed by atoms with Crippen molar-refractivity contribution in [3.63, 3.8) is 0 Å². The minimum Gasteiger partial charge on any atom is -0.338 e. The molecule has 0 saturated heterocycles. The number of aryl methyl sites for hydroxylation is 1. The molecule has 4 aromatic rings. The minimum absolute atomic E-state index is 0.0176. The highest BCUT2D eigenvalue weighted by atomic mass is 32.1. The lowest BCUT2D eigenvalue weighted by Gasteiger charge is -2.10. The molecule has 0 radical (unpaired) electrons. The third-order valence-electron chi connectivity index (χ3n) is 4.53. The van der Waals surface area contributed by atoms with E-state index in [0.717, 1.165) is 34.3 Å². The van der Waals surface area contributed by atoms with E-state index in [1.54, 1.807) is 0 Å². The maximum absolute atomic E-state index is 12.8. The summed E-state index contributed by atoms with van der Waals surface area (Å²) >= 11 is 1.32. The Hall–Kier alpha value is -3.20. The fourth-order valence-corrected chi connectivity index (χ4v) is 3.95. The van der Waals surface area contributed by atoms with Crippen molar-refractivity contribution in [2.24, 2.45) is 0 Å². The number of nitrogens with one attached hydrogen (secondary N) is 2. The van der Waals surface area contributed by atoms with E-state index in [9.17, 15) is 18.0 Å². The van der Waals surface area contributed by atoms with Gasteiger partial charge in [-0.05, 0) is 43.7 Å². The number of carbonyl (C=O) groups excluding carboxylic acids is 1. The van der Waals surface area contributed by atoms with Crippen molar-refractivity contribution in [2.45, 2.75) is 20.0 Å². The van der Waals surface area contributed by atoms with Crippen molar-refractivity contribution in [1.29, 1.82) is 0 Å². The minimum atomic E-state index is -4.55. The van der Waals surface area contributed by atoms with Gasteiger partial charge in [-0.15, -0.1) is 11.3 Å². The van der Waals surface area contributed by atoms with Gasteiger partial charge in [0.25, 0.3) is 5.91 Å². The molecule has 0 aliphatic heterocycles. The summed E-state index contributed by atoms with van der Waals surface area (Å²) in [6, 6.07) is 9.60. The third-order valence-corrected chi connectivity index (χ3v) is 5.53. The average molecular weight is 416 g/mol. The number of H-pyrrole nitrogens is 1. The molecule has 0 atom stereocenters. The Morgan fingerprint density at radius 3 is 2.55 bits per heavy atom. The third kappa shape index (κ3) is 3.61. The van der Waals surface area contributed by atoms with Gasteiger partial charge in [-0.2, -0.15) is 13.2 Å². The summed E-state index contributed by atoms with van der Waals surface area (Å²) < 4.78 is 38.3. The fraction of sp³-hybridized carbons (Fsp3) is 0.150. The van der Waals surface area contributed by atoms with Crippen LogP contribution in [0.5, 0.6) is 0 Å². The second kappa shape index (κ2) is 7.00. The number of anilines is 1. The molecule has 148 valence electrons. The first-order chi connectivity index (χ1) is 13.7. The van der Waals surface area contributed by atoms with Gasteiger partial charge in [0.2, 0.25) is 0 Å². The number of aromatic nitrogens is 3. The summed E-state index contributed by atoms with van der Waals surface area (Å²) in [5, 5.41) is 5.24. The number of rotatable bonds is 3. The fourth-order valence-electron chi connectivity index (χ4n) is 2.98. The number of halogens is 3. The summed E-state index contributed by atoms with van der Waals surface area (Å²) in [6.07, 6.45) is -4.55. The van der Waals surface area contributed by atoms with Gasteiger partial charge in [-0.3, -0.25) is 4.79 Å². The van der Waals surface area contributed by atoms with E-state index in [1.165, 1.54) is 18.3 Å². The van der Waals surface area contributed by atoms with E-state index in [1.807, 2.05) is 36.6 Å². The zero-order valence-corrected chi connectivity index (χ0v) is 16.2. The van der Waals surface area contributed by atoms with Crippen LogP contribution < -0.4 is 5.32 Å². The molecule has 4 rings (SSSR count). The van der Waals surface area contributed by atoms with E-state index in [0.29, 0.717) is 10.8 Å². The van der Waals surface area contributed by atoms with Crippen LogP contribution >= 0.6 is 11.3 Å². The number of nitrogens with zero attached hydrogens (tertiary/aromatic N) is 2. The van der Waals surface area contributed by atoms with Crippen molar-refractivity contribution in [2.75, 3.05) is 5.32 Å². The van der Waals surface area contributed by atoms with Gasteiger partial charge in [0.1, 0.15) is 11.5 Å². The van der Waals surface area contributed by atoms with Crippen LogP contribution in [0.15, 0.2) is 41.8 Å². The second-order valence-electron chi connectivity index (χ2n) is 6.49. The van der Waals surface area contributed by atoms with Gasteiger partial charge >= 0.3 is 6.18 Å². The highest BCUT2D eigenvalue weighted by Gasteiger charge is 2.33. The van der Waals surface area contributed by atoms with Gasteiger partial charge < -0.3 is 10.3 Å². The monoisotopic (exact) mass is 416 g/mol. The molecule has 0 saturated carbocycles. The number of thiophene rings is 1. The van der Waals surface area contributed by atoms with Crippen LogP contribution in [0.4, 0.5) is 18.2 Å². The SMILES string of the molecule is Cc1nc(C(F)(F)F)ccc1C(=O)Nc1scc(-c2nc3ccccc3[nH]2)c1C. The quantitative estimate of drug-likeness (QED) is 0.458. The number of fused-ring (bicyclic) bond motifs is 1. The molecule has 1 aromatic carbocycles. The molecule has 5 nitrogen and oxygen atoms in total. The molecule has 0 fully saturated rings. The van der Waals surface area contributed by atoms with Crippen LogP contribution in [0.2, 0.25) is 0 Å². The normalized spacial score (nSPS) is 11.8. The van der Waals surface area contributed by atoms with Gasteiger partial charge in [-0.1, -0.05) is 12.1 Å². The number of aromatic amines is 1. The highest BCUT2D eigenvalue weighted by Crippen LogP contribution is 2.35. The van der Waals surface area contributed by atoms with E-state index >= 15 is 0 Å². The first-order valence-corrected chi connectivity index (χ1v) is 9.51. The number of alkyl halides is 3. The molecule has 9 heteroatoms. The van der Waals surface area contributed by atoms with Gasteiger partial charge in [0.15, 0.2) is 0 Å². The number of carbonyl (C=O) groups is 1. The molecule has 2 N–H and O–H groups in total. The second-order valence-corrected chi connectivity index (χ2v) is 7.37. The molecule has 0 spiro atoms. The topological polar surface area (TPSA) is 70.7 Å². The Labute approximate surface area is 167 Å². The summed E-state index contributed by atoms with van der Waals surface area (Å²) in [7, 11) is 0. The Kier molecular flexibility index (Phi) is 4.62. The largest absolute Gasteiger partial charge is 0.433 e. The molecule has 29 heavy (non-hydrogen) atoms. The van der Waals surface area contributed by atoms with Gasteiger partial charge in [0, 0.05) is 10.9 Å². The van der Waals surface area contributed by atoms with E-state index in [4.69, 9.17) is 0 Å². The number of benzene rings is 1. The summed E-state index contributed by atoms with van der Waals surface area (Å²) in [5.74, 6) is 0.178. The predicted octanol–water partition coefficient (Wildman–Crippen LogP) is 5.57. The molecule has 3 aromatic heterocycles. The summed E-state index contributed by atoms with van der Waals surface area (Å²) in [4.78, 5) is 23.9. The van der Waals surface area contributed by atoms with Gasteiger partial charge in [-0.25, -0.2) is 9.97 Å². The van der Waals surface area contributed by atoms with E-state index in [-0.39, 0.29) is 11.3 Å². The number of para-hydroxylation sites is 2. The Morgan fingerprint density at radius 2 is 1.86 bits per heavy atom. The molecule has 0 aliphatic rings. The molecular formula is C20H15F3N4OS. The van der Waals surface area contributed by atoms with Crippen LogP contribution in [0.3, 0.4) is 0 Å². The van der Waals surface area contributed by atoms with E-state index in [2.05, 4.69) is 20.3 Å². The first-order valence-electron chi connectivity index (χ1n) is 8.63. The molecule has 0 aliphatic carbocycles. The lowest BCUT2D eigenvalue weighted by atomic mass is 10.1.